The van der Waals surface area contributed by atoms with Gasteiger partial charge in [0.15, 0.2) is 5.13 Å². The summed E-state index contributed by atoms with van der Waals surface area (Å²) in [6, 6.07) is 0.611. The van der Waals surface area contributed by atoms with E-state index in [0.717, 1.165) is 50.9 Å². The fourth-order valence-electron chi connectivity index (χ4n) is 3.39. The molecule has 0 radical (unpaired) electrons. The largest absolute Gasteiger partial charge is 0.373 e. The number of piperazine rings is 1. The molecule has 134 valence electrons. The zero-order valence-corrected chi connectivity index (χ0v) is 15.9. The maximum absolute atomic E-state index is 4.75. The van der Waals surface area contributed by atoms with Crippen molar-refractivity contribution in [1.82, 2.24) is 20.1 Å². The molecular weight excluding hydrogens is 318 g/mol. The lowest BCUT2D eigenvalue weighted by atomic mass is 10.1. The highest BCUT2D eigenvalue weighted by atomic mass is 32.1. The van der Waals surface area contributed by atoms with E-state index in [4.69, 9.17) is 4.98 Å². The van der Waals surface area contributed by atoms with E-state index in [0.29, 0.717) is 12.0 Å². The molecule has 1 unspecified atom stereocenters. The van der Waals surface area contributed by atoms with Crippen LogP contribution in [0.5, 0.6) is 0 Å². The zero-order chi connectivity index (χ0) is 16.9. The third-order valence-corrected chi connectivity index (χ3v) is 5.89. The van der Waals surface area contributed by atoms with Crippen LogP contribution >= 0.6 is 11.3 Å². The molecule has 2 aliphatic heterocycles. The molecule has 2 saturated heterocycles. The molecule has 0 saturated carbocycles. The summed E-state index contributed by atoms with van der Waals surface area (Å²) in [5.74, 6) is 0.540. The first-order chi connectivity index (χ1) is 11.6. The fraction of sp³-hybridized carbons (Fsp3) is 0.722. The van der Waals surface area contributed by atoms with Crippen LogP contribution in [0.4, 0.5) is 5.13 Å². The minimum absolute atomic E-state index is 0.540. The number of nitrogens with zero attached hydrogens (tertiary/aromatic N) is 3. The van der Waals surface area contributed by atoms with Crippen molar-refractivity contribution in [1.29, 1.82) is 0 Å². The second-order valence-corrected chi connectivity index (χ2v) is 8.09. The van der Waals surface area contributed by atoms with Gasteiger partial charge in [-0.05, 0) is 25.3 Å². The lowest BCUT2D eigenvalue weighted by Crippen LogP contribution is -2.45. The summed E-state index contributed by atoms with van der Waals surface area (Å²) in [5.41, 5.74) is 2.47. The van der Waals surface area contributed by atoms with Gasteiger partial charge in [0.2, 0.25) is 0 Å². The van der Waals surface area contributed by atoms with E-state index in [-0.39, 0.29) is 0 Å². The van der Waals surface area contributed by atoms with Crippen LogP contribution in [0.3, 0.4) is 0 Å². The van der Waals surface area contributed by atoms with Gasteiger partial charge in [-0.2, -0.15) is 0 Å². The number of aromatic nitrogens is 1. The smallest absolute Gasteiger partial charge is 0.182 e. The summed E-state index contributed by atoms with van der Waals surface area (Å²) >= 11 is 1.73. The van der Waals surface area contributed by atoms with Gasteiger partial charge in [-0.3, -0.25) is 4.90 Å². The Balaban J connectivity index is 1.41. The van der Waals surface area contributed by atoms with Gasteiger partial charge in [-0.25, -0.2) is 4.98 Å². The molecule has 1 aromatic heterocycles. The molecule has 1 aromatic rings. The van der Waals surface area contributed by atoms with E-state index in [9.17, 15) is 0 Å². The first-order valence-electron chi connectivity index (χ1n) is 9.19. The number of hydrogen-bond donors (Lipinski definition) is 2. The molecule has 6 heteroatoms. The van der Waals surface area contributed by atoms with Crippen LogP contribution in [0.1, 0.15) is 32.4 Å². The van der Waals surface area contributed by atoms with Crippen LogP contribution in [-0.4, -0.2) is 60.1 Å². The number of allylic oxidation sites excluding steroid dienone is 1. The van der Waals surface area contributed by atoms with Gasteiger partial charge < -0.3 is 15.5 Å². The second kappa shape index (κ2) is 8.32. The topological polar surface area (TPSA) is 43.4 Å². The fourth-order valence-corrected chi connectivity index (χ4v) is 4.10. The first-order valence-corrected chi connectivity index (χ1v) is 10.1. The molecule has 0 aliphatic carbocycles. The molecule has 3 heterocycles. The Bertz CT molecular complexity index is 527. The van der Waals surface area contributed by atoms with Crippen molar-refractivity contribution < 1.29 is 0 Å². The molecule has 24 heavy (non-hydrogen) atoms. The van der Waals surface area contributed by atoms with Crippen LogP contribution in [0.15, 0.2) is 17.7 Å². The Kier molecular flexibility index (Phi) is 6.14. The van der Waals surface area contributed by atoms with Crippen LogP contribution in [0, 0.1) is 5.92 Å². The van der Waals surface area contributed by atoms with Crippen molar-refractivity contribution in [2.24, 2.45) is 5.92 Å². The zero-order valence-electron chi connectivity index (χ0n) is 15.1. The summed E-state index contributed by atoms with van der Waals surface area (Å²) in [5, 5.41) is 10.3. The third-order valence-electron chi connectivity index (χ3n) is 5.04. The number of anilines is 1. The summed E-state index contributed by atoms with van der Waals surface area (Å²) < 4.78 is 0. The van der Waals surface area contributed by atoms with E-state index in [1.54, 1.807) is 11.3 Å². The number of rotatable bonds is 7. The van der Waals surface area contributed by atoms with Gasteiger partial charge in [0.05, 0.1) is 5.69 Å². The predicted molar refractivity (Wildman–Crippen MR) is 102 cm³/mol. The molecule has 0 amide bonds. The summed E-state index contributed by atoms with van der Waals surface area (Å²) in [6.45, 7) is 16.1. The highest BCUT2D eigenvalue weighted by molar-refractivity contribution is 7.13. The van der Waals surface area contributed by atoms with Crippen molar-refractivity contribution in [3.63, 3.8) is 0 Å². The molecule has 2 fully saturated rings. The minimum Gasteiger partial charge on any atom is -0.373 e. The molecule has 5 nitrogen and oxygen atoms in total. The lowest BCUT2D eigenvalue weighted by molar-refractivity contribution is 0.144. The molecule has 0 aromatic carbocycles. The molecule has 0 bridgehead atoms. The standard InChI is InChI=1S/C18H31N5S/c1-14(2)15(3)23-9-7-22(8-10-23)12-17-13-24-18(21-17)20-11-16-5-4-6-19-16/h13-14,16,19H,3-12H2,1-2H3,(H,20,21). The highest BCUT2D eigenvalue weighted by Gasteiger charge is 2.20. The van der Waals surface area contributed by atoms with Gasteiger partial charge in [0.25, 0.3) is 0 Å². The predicted octanol–water partition coefficient (Wildman–Crippen LogP) is 2.59. The van der Waals surface area contributed by atoms with Gasteiger partial charge in [0, 0.05) is 56.4 Å². The summed E-state index contributed by atoms with van der Waals surface area (Å²) in [7, 11) is 0. The van der Waals surface area contributed by atoms with Gasteiger partial charge >= 0.3 is 0 Å². The Labute approximate surface area is 150 Å². The van der Waals surface area contributed by atoms with E-state index >= 15 is 0 Å². The molecular formula is C18H31N5S. The van der Waals surface area contributed by atoms with Gasteiger partial charge in [0.1, 0.15) is 0 Å². The Morgan fingerprint density at radius 3 is 2.88 bits per heavy atom. The van der Waals surface area contributed by atoms with E-state index in [1.165, 1.54) is 24.2 Å². The second-order valence-electron chi connectivity index (χ2n) is 7.23. The monoisotopic (exact) mass is 349 g/mol. The third kappa shape index (κ3) is 4.71. The van der Waals surface area contributed by atoms with E-state index in [2.05, 4.69) is 46.2 Å². The van der Waals surface area contributed by atoms with E-state index in [1.807, 2.05) is 0 Å². The highest BCUT2D eigenvalue weighted by Crippen LogP contribution is 2.20. The average molecular weight is 350 g/mol. The summed E-state index contributed by atoms with van der Waals surface area (Å²) in [6.07, 6.45) is 2.57. The number of thiazole rings is 1. The quantitative estimate of drug-likeness (QED) is 0.792. The van der Waals surface area contributed by atoms with Crippen LogP contribution in [0.2, 0.25) is 0 Å². The van der Waals surface area contributed by atoms with Crippen molar-refractivity contribution in [2.45, 2.75) is 39.3 Å². The van der Waals surface area contributed by atoms with Crippen molar-refractivity contribution in [3.8, 4) is 0 Å². The van der Waals surface area contributed by atoms with Gasteiger partial charge in [-0.15, -0.1) is 11.3 Å². The molecule has 2 aliphatic rings. The first kappa shape index (κ1) is 17.7. The molecule has 3 rings (SSSR count). The van der Waals surface area contributed by atoms with Crippen LogP contribution in [0.25, 0.3) is 0 Å². The Morgan fingerprint density at radius 1 is 1.42 bits per heavy atom. The maximum atomic E-state index is 4.75. The molecule has 1 atom stereocenters. The Hall–Kier alpha value is -1.11. The number of hydrogen-bond acceptors (Lipinski definition) is 6. The normalized spacial score (nSPS) is 22.3. The molecule has 2 N–H and O–H groups in total. The van der Waals surface area contributed by atoms with Crippen LogP contribution < -0.4 is 10.6 Å². The van der Waals surface area contributed by atoms with Gasteiger partial charge in [-0.1, -0.05) is 20.4 Å². The lowest BCUT2D eigenvalue weighted by Gasteiger charge is -2.37. The minimum atomic E-state index is 0.540. The molecule has 0 spiro atoms. The van der Waals surface area contributed by atoms with Crippen LogP contribution in [-0.2, 0) is 6.54 Å². The number of nitrogens with one attached hydrogen (secondary N) is 2. The van der Waals surface area contributed by atoms with Crippen molar-refractivity contribution >= 4 is 16.5 Å². The summed E-state index contributed by atoms with van der Waals surface area (Å²) in [4.78, 5) is 9.69. The average Bonchev–Trinajstić information content (AvgIpc) is 3.24. The van der Waals surface area contributed by atoms with Crippen molar-refractivity contribution in [2.75, 3.05) is 44.6 Å². The van der Waals surface area contributed by atoms with Crippen molar-refractivity contribution in [3.05, 3.63) is 23.3 Å². The Morgan fingerprint density at radius 2 is 2.21 bits per heavy atom. The SMILES string of the molecule is C=C(C(C)C)N1CCN(Cc2csc(NCC3CCCN3)n2)CC1. The maximum Gasteiger partial charge on any atom is 0.182 e. The van der Waals surface area contributed by atoms with E-state index < -0.39 is 0 Å².